The molecule has 166 valence electrons. The van der Waals surface area contributed by atoms with E-state index in [1.54, 1.807) is 0 Å². The maximum Gasteiger partial charge on any atom is 0.422 e. The zero-order valence-corrected chi connectivity index (χ0v) is 15.7. The van der Waals surface area contributed by atoms with Gasteiger partial charge in [0.25, 0.3) is 0 Å². The Kier molecular flexibility index (Phi) is 6.66. The second-order valence-electron chi connectivity index (χ2n) is 5.57. The van der Waals surface area contributed by atoms with Gasteiger partial charge in [0.1, 0.15) is 5.75 Å². The van der Waals surface area contributed by atoms with Crippen LogP contribution in [0.2, 0.25) is 0 Å². The van der Waals surface area contributed by atoms with Crippen LogP contribution < -0.4 is 19.3 Å². The van der Waals surface area contributed by atoms with Crippen molar-refractivity contribution in [1.29, 1.82) is 0 Å². The first-order chi connectivity index (χ1) is 13.7. The van der Waals surface area contributed by atoms with Crippen LogP contribution in [-0.2, 0) is 10.0 Å². The quantitative estimate of drug-likeness (QED) is 0.631. The number of ether oxygens (including phenoxy) is 3. The standard InChI is InChI=1S/C15H13F6N3O5S/c1-27-9-4-2-3-8(5-9)11-23-12(28-6-14(16,17)18)10(30(22,25)26)13(24-11)29-7-15(19,20)21/h2-5H,6-7H2,1H3,(H2,22,25,26). The molecule has 0 aliphatic heterocycles. The van der Waals surface area contributed by atoms with Crippen molar-refractivity contribution >= 4 is 10.0 Å². The van der Waals surface area contributed by atoms with Crippen molar-refractivity contribution in [1.82, 2.24) is 9.97 Å². The number of rotatable bonds is 7. The fourth-order valence-corrected chi connectivity index (χ4v) is 2.74. The molecule has 0 aliphatic rings. The minimum absolute atomic E-state index is 0.0593. The SMILES string of the molecule is COc1cccc(-c2nc(OCC(F)(F)F)c(S(N)(=O)=O)c(OCC(F)(F)F)n2)c1. The van der Waals surface area contributed by atoms with Gasteiger partial charge in [0.2, 0.25) is 26.7 Å². The molecule has 0 spiro atoms. The maximum absolute atomic E-state index is 12.6. The van der Waals surface area contributed by atoms with E-state index in [0.29, 0.717) is 0 Å². The highest BCUT2D eigenvalue weighted by Crippen LogP contribution is 2.34. The highest BCUT2D eigenvalue weighted by atomic mass is 32.2. The molecule has 15 heteroatoms. The summed E-state index contributed by atoms with van der Waals surface area (Å²) >= 11 is 0. The van der Waals surface area contributed by atoms with E-state index in [-0.39, 0.29) is 11.3 Å². The highest BCUT2D eigenvalue weighted by molar-refractivity contribution is 7.89. The molecule has 2 rings (SSSR count). The Bertz CT molecular complexity index is 972. The van der Waals surface area contributed by atoms with E-state index < -0.39 is 58.1 Å². The van der Waals surface area contributed by atoms with E-state index in [0.717, 1.165) is 0 Å². The van der Waals surface area contributed by atoms with Crippen LogP contribution in [-0.4, -0.2) is 51.1 Å². The third kappa shape index (κ3) is 6.62. The summed E-state index contributed by atoms with van der Waals surface area (Å²) in [7, 11) is -3.64. The summed E-state index contributed by atoms with van der Waals surface area (Å²) in [6, 6.07) is 5.56. The number of hydrogen-bond acceptors (Lipinski definition) is 7. The summed E-state index contributed by atoms with van der Waals surface area (Å²) in [4.78, 5) is 5.81. The average molecular weight is 461 g/mol. The number of aromatic nitrogens is 2. The Balaban J connectivity index is 2.68. The number of benzene rings is 1. The van der Waals surface area contributed by atoms with Crippen molar-refractivity contribution in [2.24, 2.45) is 5.14 Å². The average Bonchev–Trinajstić information content (AvgIpc) is 2.62. The minimum atomic E-state index is -4.95. The lowest BCUT2D eigenvalue weighted by Gasteiger charge is -2.16. The second kappa shape index (κ2) is 8.51. The lowest BCUT2D eigenvalue weighted by atomic mass is 10.2. The van der Waals surface area contributed by atoms with E-state index in [4.69, 9.17) is 9.88 Å². The number of hydrogen-bond donors (Lipinski definition) is 1. The summed E-state index contributed by atoms with van der Waals surface area (Å²) in [5.74, 6) is -2.68. The van der Waals surface area contributed by atoms with Gasteiger partial charge >= 0.3 is 12.4 Å². The first-order valence-corrected chi connectivity index (χ1v) is 9.22. The monoisotopic (exact) mass is 461 g/mol. The molecular formula is C15H13F6N3O5S. The molecule has 0 amide bonds. The largest absolute Gasteiger partial charge is 0.497 e. The molecule has 1 aromatic heterocycles. The van der Waals surface area contributed by atoms with Crippen LogP contribution in [0.25, 0.3) is 11.4 Å². The molecule has 8 nitrogen and oxygen atoms in total. The highest BCUT2D eigenvalue weighted by Gasteiger charge is 2.35. The Morgan fingerprint density at radius 2 is 1.47 bits per heavy atom. The van der Waals surface area contributed by atoms with Gasteiger partial charge in [-0.3, -0.25) is 0 Å². The third-order valence-corrected chi connectivity index (χ3v) is 4.08. The second-order valence-corrected chi connectivity index (χ2v) is 7.07. The number of alkyl halides is 6. The van der Waals surface area contributed by atoms with Crippen molar-refractivity contribution < 1.29 is 49.0 Å². The summed E-state index contributed by atoms with van der Waals surface area (Å²) in [5.41, 5.74) is 0.0593. The van der Waals surface area contributed by atoms with Crippen molar-refractivity contribution in [2.45, 2.75) is 17.2 Å². The fourth-order valence-electron chi connectivity index (χ4n) is 2.04. The number of nitrogens with two attached hydrogens (primary N) is 1. The number of halogens is 6. The predicted molar refractivity (Wildman–Crippen MR) is 88.5 cm³/mol. The van der Waals surface area contributed by atoms with Crippen LogP contribution in [0.3, 0.4) is 0 Å². The van der Waals surface area contributed by atoms with Crippen LogP contribution >= 0.6 is 0 Å². The summed E-state index contributed by atoms with van der Waals surface area (Å²) < 4.78 is 113. The zero-order chi connectivity index (χ0) is 22.7. The molecule has 0 radical (unpaired) electrons. The Hall–Kier alpha value is -2.81. The summed E-state index contributed by atoms with van der Waals surface area (Å²) in [6.45, 7) is -3.99. The number of nitrogens with zero attached hydrogens (tertiary/aromatic N) is 2. The molecule has 1 aromatic carbocycles. The van der Waals surface area contributed by atoms with Crippen molar-refractivity contribution in [3.05, 3.63) is 24.3 Å². The zero-order valence-electron chi connectivity index (χ0n) is 14.9. The Morgan fingerprint density at radius 3 is 1.87 bits per heavy atom. The lowest BCUT2D eigenvalue weighted by Crippen LogP contribution is -2.25. The van der Waals surface area contributed by atoms with Crippen molar-refractivity contribution in [3.8, 4) is 28.9 Å². The summed E-state index contributed by atoms with van der Waals surface area (Å²) in [5, 5.41) is 4.92. The molecular weight excluding hydrogens is 448 g/mol. The number of sulfonamides is 1. The molecule has 1 heterocycles. The molecule has 30 heavy (non-hydrogen) atoms. The number of primary sulfonamides is 1. The van der Waals surface area contributed by atoms with Crippen LogP contribution in [0, 0.1) is 0 Å². The van der Waals surface area contributed by atoms with Gasteiger partial charge in [-0.05, 0) is 12.1 Å². The summed E-state index contributed by atoms with van der Waals surface area (Å²) in [6.07, 6.45) is -9.83. The molecule has 0 unspecified atom stereocenters. The minimum Gasteiger partial charge on any atom is -0.497 e. The van der Waals surface area contributed by atoms with Crippen molar-refractivity contribution in [2.75, 3.05) is 20.3 Å². The molecule has 0 fully saturated rings. The van der Waals surface area contributed by atoms with Crippen molar-refractivity contribution in [3.63, 3.8) is 0 Å². The van der Waals surface area contributed by atoms with Gasteiger partial charge in [-0.1, -0.05) is 12.1 Å². The van der Waals surface area contributed by atoms with E-state index in [1.807, 2.05) is 0 Å². The van der Waals surface area contributed by atoms with E-state index >= 15 is 0 Å². The fraction of sp³-hybridized carbons (Fsp3) is 0.333. The molecule has 0 saturated carbocycles. The van der Waals surface area contributed by atoms with E-state index in [9.17, 15) is 34.8 Å². The third-order valence-electron chi connectivity index (χ3n) is 3.16. The molecule has 0 saturated heterocycles. The Labute approximate surface area is 165 Å². The topological polar surface area (TPSA) is 114 Å². The predicted octanol–water partition coefficient (Wildman–Crippen LogP) is 2.68. The van der Waals surface area contributed by atoms with E-state index in [2.05, 4.69) is 19.4 Å². The van der Waals surface area contributed by atoms with Gasteiger partial charge in [-0.25, -0.2) is 13.6 Å². The van der Waals surface area contributed by atoms with Crippen LogP contribution in [0.1, 0.15) is 0 Å². The van der Waals surface area contributed by atoms with Gasteiger partial charge in [-0.2, -0.15) is 36.3 Å². The van der Waals surface area contributed by atoms with Gasteiger partial charge < -0.3 is 14.2 Å². The van der Waals surface area contributed by atoms with Gasteiger partial charge in [-0.15, -0.1) is 0 Å². The maximum atomic E-state index is 12.6. The lowest BCUT2D eigenvalue weighted by molar-refractivity contribution is -0.155. The smallest absolute Gasteiger partial charge is 0.422 e. The first-order valence-electron chi connectivity index (χ1n) is 7.68. The van der Waals surface area contributed by atoms with Crippen LogP contribution in [0.5, 0.6) is 17.5 Å². The Morgan fingerprint density at radius 1 is 0.967 bits per heavy atom. The molecule has 0 bridgehead atoms. The molecule has 0 aliphatic carbocycles. The van der Waals surface area contributed by atoms with Gasteiger partial charge in [0.15, 0.2) is 19.0 Å². The number of methoxy groups -OCH3 is 1. The molecule has 2 aromatic rings. The van der Waals surface area contributed by atoms with E-state index in [1.165, 1.54) is 31.4 Å². The van der Waals surface area contributed by atoms with Gasteiger partial charge in [0.05, 0.1) is 7.11 Å². The van der Waals surface area contributed by atoms with Crippen LogP contribution in [0.4, 0.5) is 26.3 Å². The first kappa shape index (κ1) is 23.5. The van der Waals surface area contributed by atoms with Gasteiger partial charge in [0, 0.05) is 5.56 Å². The normalized spacial score (nSPS) is 12.5. The molecule has 0 atom stereocenters. The van der Waals surface area contributed by atoms with Crippen LogP contribution in [0.15, 0.2) is 29.2 Å². The molecule has 2 N–H and O–H groups in total.